The molecule has 0 aliphatic carbocycles. The van der Waals surface area contributed by atoms with Crippen molar-refractivity contribution < 1.29 is 19.4 Å². The van der Waals surface area contributed by atoms with Crippen LogP contribution < -0.4 is 5.01 Å². The third kappa shape index (κ3) is 4.62. The van der Waals surface area contributed by atoms with Crippen LogP contribution in [-0.4, -0.2) is 36.4 Å². The number of carboxylic acid groups (broad SMARTS) is 1. The molecule has 1 heterocycles. The van der Waals surface area contributed by atoms with Crippen LogP contribution in [0.2, 0.25) is 0 Å². The predicted molar refractivity (Wildman–Crippen MR) is 113 cm³/mol. The molecule has 1 amide bonds. The summed E-state index contributed by atoms with van der Waals surface area (Å²) in [7, 11) is 1.50. The maximum atomic E-state index is 13.1. The maximum absolute atomic E-state index is 13.1. The number of nitriles is 1. The minimum atomic E-state index is -1.11. The van der Waals surface area contributed by atoms with Crippen molar-refractivity contribution in [2.24, 2.45) is 11.0 Å². The second-order valence-corrected chi connectivity index (χ2v) is 6.98. The lowest BCUT2D eigenvalue weighted by atomic mass is 9.93. The number of benzene rings is 2. The van der Waals surface area contributed by atoms with Gasteiger partial charge in [0.2, 0.25) is 0 Å². The number of aryl methyl sites for hydroxylation is 1. The number of methoxy groups -OCH3 is 1. The molecule has 0 spiro atoms. The number of hydrogen-bond donors (Lipinski definition) is 1. The summed E-state index contributed by atoms with van der Waals surface area (Å²) in [6.45, 7) is 2.08. The average molecular weight is 403 g/mol. The van der Waals surface area contributed by atoms with Gasteiger partial charge in [-0.05, 0) is 49.2 Å². The molecule has 0 fully saturated rings. The summed E-state index contributed by atoms with van der Waals surface area (Å²) in [6.07, 6.45) is 1.49. The molecule has 0 radical (unpaired) electrons. The zero-order valence-corrected chi connectivity index (χ0v) is 16.7. The Bertz CT molecular complexity index is 1050. The Morgan fingerprint density at radius 3 is 2.47 bits per heavy atom. The molecule has 0 saturated carbocycles. The molecule has 7 heteroatoms. The van der Waals surface area contributed by atoms with E-state index in [0.29, 0.717) is 22.5 Å². The van der Waals surface area contributed by atoms with Crippen molar-refractivity contribution in [2.75, 3.05) is 18.7 Å². The zero-order valence-electron chi connectivity index (χ0n) is 16.7. The van der Waals surface area contributed by atoms with Gasteiger partial charge in [0.1, 0.15) is 0 Å². The van der Waals surface area contributed by atoms with Crippen LogP contribution >= 0.6 is 0 Å². The van der Waals surface area contributed by atoms with Crippen molar-refractivity contribution in [3.8, 4) is 6.07 Å². The lowest BCUT2D eigenvalue weighted by Gasteiger charge is -2.15. The third-order valence-corrected chi connectivity index (χ3v) is 4.79. The van der Waals surface area contributed by atoms with Gasteiger partial charge >= 0.3 is 5.97 Å². The summed E-state index contributed by atoms with van der Waals surface area (Å²) < 4.78 is 5.19. The second kappa shape index (κ2) is 9.16. The fourth-order valence-electron chi connectivity index (χ4n) is 3.17. The molecular weight excluding hydrogens is 382 g/mol. The highest BCUT2D eigenvalue weighted by atomic mass is 16.5. The first-order valence-electron chi connectivity index (χ1n) is 9.34. The number of carbonyl (C=O) groups excluding carboxylic acids is 1. The zero-order chi connectivity index (χ0) is 21.7. The van der Waals surface area contributed by atoms with E-state index in [1.165, 1.54) is 18.2 Å². The van der Waals surface area contributed by atoms with Crippen LogP contribution in [0, 0.1) is 24.2 Å². The van der Waals surface area contributed by atoms with E-state index in [4.69, 9.17) is 10.00 Å². The highest BCUT2D eigenvalue weighted by Crippen LogP contribution is 2.29. The molecule has 0 saturated heterocycles. The molecule has 2 aromatic rings. The van der Waals surface area contributed by atoms with Gasteiger partial charge in [0.25, 0.3) is 5.91 Å². The smallest absolute Gasteiger partial charge is 0.331 e. The summed E-state index contributed by atoms with van der Waals surface area (Å²) in [5, 5.41) is 24.3. The topological polar surface area (TPSA) is 103 Å². The Morgan fingerprint density at radius 1 is 1.23 bits per heavy atom. The Labute approximate surface area is 174 Å². The Hall–Kier alpha value is -3.76. The van der Waals surface area contributed by atoms with E-state index in [-0.39, 0.29) is 24.5 Å². The maximum Gasteiger partial charge on any atom is 0.331 e. The predicted octanol–water partition coefficient (Wildman–Crippen LogP) is 3.39. The fraction of sp³-hybridized carbons (Fsp3) is 0.217. The van der Waals surface area contributed by atoms with Crippen molar-refractivity contribution in [2.45, 2.75) is 13.3 Å². The van der Waals surface area contributed by atoms with Crippen molar-refractivity contribution in [3.63, 3.8) is 0 Å². The molecule has 152 valence electrons. The van der Waals surface area contributed by atoms with E-state index < -0.39 is 11.9 Å². The number of rotatable bonds is 7. The van der Waals surface area contributed by atoms with E-state index in [9.17, 15) is 14.7 Å². The van der Waals surface area contributed by atoms with E-state index in [2.05, 4.69) is 5.10 Å². The lowest BCUT2D eigenvalue weighted by molar-refractivity contribution is -0.132. The molecule has 1 aliphatic rings. The summed E-state index contributed by atoms with van der Waals surface area (Å²) in [6, 6.07) is 16.0. The van der Waals surface area contributed by atoms with Gasteiger partial charge in [-0.15, -0.1) is 0 Å². The van der Waals surface area contributed by atoms with Crippen LogP contribution in [0.15, 0.2) is 59.2 Å². The number of carboxylic acids is 1. The molecule has 7 nitrogen and oxygen atoms in total. The molecule has 1 atom stereocenters. The van der Waals surface area contributed by atoms with Crippen molar-refractivity contribution >= 4 is 29.4 Å². The third-order valence-electron chi connectivity index (χ3n) is 4.79. The van der Waals surface area contributed by atoms with Crippen LogP contribution in [0.5, 0.6) is 0 Å². The number of anilines is 1. The number of hydrogen-bond acceptors (Lipinski definition) is 5. The Balaban J connectivity index is 1.89. The van der Waals surface area contributed by atoms with Gasteiger partial charge in [-0.3, -0.25) is 4.79 Å². The SMILES string of the molecule is COCC1=NN(c2ccc(C)cc2)C(=O)C1CC(=Cc1ccc(C#N)cc1)C(=O)O. The van der Waals surface area contributed by atoms with Crippen LogP contribution in [0.3, 0.4) is 0 Å². The minimum absolute atomic E-state index is 0.0152. The van der Waals surface area contributed by atoms with Crippen LogP contribution in [0.1, 0.15) is 23.1 Å². The number of ether oxygens (including phenoxy) is 1. The van der Waals surface area contributed by atoms with E-state index in [1.54, 1.807) is 36.4 Å². The molecule has 30 heavy (non-hydrogen) atoms. The van der Waals surface area contributed by atoms with Crippen molar-refractivity contribution in [1.29, 1.82) is 5.26 Å². The molecule has 1 unspecified atom stereocenters. The number of amides is 1. The van der Waals surface area contributed by atoms with Crippen molar-refractivity contribution in [1.82, 2.24) is 0 Å². The summed E-state index contributed by atoms with van der Waals surface area (Å²) in [5.74, 6) is -2.14. The van der Waals surface area contributed by atoms with Crippen molar-refractivity contribution in [3.05, 3.63) is 70.8 Å². The first-order valence-corrected chi connectivity index (χ1v) is 9.34. The van der Waals surface area contributed by atoms with Gasteiger partial charge in [0.15, 0.2) is 0 Å². The van der Waals surface area contributed by atoms with E-state index in [1.807, 2.05) is 25.1 Å². The van der Waals surface area contributed by atoms with Gasteiger partial charge in [-0.25, -0.2) is 9.80 Å². The minimum Gasteiger partial charge on any atom is -0.478 e. The summed E-state index contributed by atoms with van der Waals surface area (Å²) >= 11 is 0. The van der Waals surface area contributed by atoms with Gasteiger partial charge in [0.05, 0.1) is 35.6 Å². The monoisotopic (exact) mass is 403 g/mol. The molecular formula is C23H21N3O4. The molecule has 1 aliphatic heterocycles. The largest absolute Gasteiger partial charge is 0.478 e. The average Bonchev–Trinajstić information content (AvgIpc) is 3.04. The van der Waals surface area contributed by atoms with Crippen LogP contribution in [0.25, 0.3) is 6.08 Å². The summed E-state index contributed by atoms with van der Waals surface area (Å²) in [5.41, 5.74) is 3.36. The lowest BCUT2D eigenvalue weighted by Crippen LogP contribution is -2.29. The fourth-order valence-corrected chi connectivity index (χ4v) is 3.17. The first-order chi connectivity index (χ1) is 14.4. The first kappa shape index (κ1) is 21.0. The normalized spacial score (nSPS) is 16.4. The molecule has 2 aromatic carbocycles. The van der Waals surface area contributed by atoms with Crippen LogP contribution in [0.4, 0.5) is 5.69 Å². The Morgan fingerprint density at radius 2 is 1.90 bits per heavy atom. The van der Waals surface area contributed by atoms with Crippen LogP contribution in [-0.2, 0) is 14.3 Å². The number of nitrogens with zero attached hydrogens (tertiary/aromatic N) is 3. The molecule has 1 N–H and O–H groups in total. The quantitative estimate of drug-likeness (QED) is 0.714. The number of carbonyl (C=O) groups is 2. The van der Waals surface area contributed by atoms with E-state index in [0.717, 1.165) is 5.56 Å². The second-order valence-electron chi connectivity index (χ2n) is 6.98. The number of aliphatic carboxylic acids is 1. The van der Waals surface area contributed by atoms with Gasteiger partial charge < -0.3 is 9.84 Å². The molecule has 3 rings (SSSR count). The van der Waals surface area contributed by atoms with Gasteiger partial charge in [-0.1, -0.05) is 29.8 Å². The highest BCUT2D eigenvalue weighted by molar-refractivity contribution is 6.16. The Kier molecular flexibility index (Phi) is 6.40. The molecule has 0 aromatic heterocycles. The van der Waals surface area contributed by atoms with Gasteiger partial charge in [0, 0.05) is 12.7 Å². The molecule has 0 bridgehead atoms. The van der Waals surface area contributed by atoms with Gasteiger partial charge in [-0.2, -0.15) is 10.4 Å². The standard InChI is InChI=1S/C23H21N3O4/c1-15-3-9-19(10-4-15)26-22(27)20(21(25-26)14-30-2)12-18(23(28)29)11-16-5-7-17(13-24)8-6-16/h3-11,20H,12,14H2,1-2H3,(H,28,29). The van der Waals surface area contributed by atoms with E-state index >= 15 is 0 Å². The highest BCUT2D eigenvalue weighted by Gasteiger charge is 2.37. The summed E-state index contributed by atoms with van der Waals surface area (Å²) in [4.78, 5) is 24.9. The number of hydrazone groups is 1.